The molecule has 2 aromatic rings. The highest BCUT2D eigenvalue weighted by molar-refractivity contribution is 7.89. The van der Waals surface area contributed by atoms with E-state index in [1.54, 1.807) is 18.2 Å². The summed E-state index contributed by atoms with van der Waals surface area (Å²) in [4.78, 5) is 44.8. The second kappa shape index (κ2) is 10.3. The van der Waals surface area contributed by atoms with Crippen molar-refractivity contribution in [1.82, 2.24) is 9.71 Å². The van der Waals surface area contributed by atoms with E-state index in [1.165, 1.54) is 13.2 Å². The summed E-state index contributed by atoms with van der Waals surface area (Å²) >= 11 is 0. The van der Waals surface area contributed by atoms with Gasteiger partial charge in [0.05, 0.1) is 30.7 Å². The summed E-state index contributed by atoms with van der Waals surface area (Å²) in [6.45, 7) is 9.98. The Labute approximate surface area is 251 Å². The van der Waals surface area contributed by atoms with Gasteiger partial charge in [0.2, 0.25) is 10.0 Å². The Bertz CT molecular complexity index is 1710. The Morgan fingerprint density at radius 2 is 1.53 bits per heavy atom. The lowest BCUT2D eigenvalue weighted by atomic mass is 9.65. The van der Waals surface area contributed by atoms with E-state index in [2.05, 4.69) is 4.98 Å². The van der Waals surface area contributed by atoms with E-state index in [4.69, 9.17) is 15.2 Å². The molecule has 0 unspecified atom stereocenters. The molecule has 1 aromatic carbocycles. The molecule has 1 aromatic heterocycles. The maximum atomic E-state index is 13.8. The number of nitrogens with zero attached hydrogens (tertiary/aromatic N) is 1. The fourth-order valence-corrected chi connectivity index (χ4v) is 6.93. The fraction of sp³-hybridized carbons (Fsp3) is 0.438. The minimum absolute atomic E-state index is 0.0103. The third-order valence-corrected chi connectivity index (χ3v) is 8.82. The average molecular weight is 608 g/mol. The molecule has 0 radical (unpaired) electrons. The number of rotatable bonds is 5. The van der Waals surface area contributed by atoms with Crippen molar-refractivity contribution in [3.63, 3.8) is 0 Å². The first-order valence-electron chi connectivity index (χ1n) is 14.1. The Morgan fingerprint density at radius 1 is 0.977 bits per heavy atom. The number of benzene rings is 1. The molecule has 3 N–H and O–H groups in total. The predicted octanol–water partition coefficient (Wildman–Crippen LogP) is 4.74. The van der Waals surface area contributed by atoms with Crippen molar-refractivity contribution in [3.05, 3.63) is 63.8 Å². The minimum Gasteiger partial charge on any atom is -0.496 e. The fourth-order valence-electron chi connectivity index (χ4n) is 6.50. The molecule has 0 saturated carbocycles. The summed E-state index contributed by atoms with van der Waals surface area (Å²) in [5.41, 5.74) is 8.41. The smallest absolute Gasteiger partial charge is 0.285 e. The largest absolute Gasteiger partial charge is 0.496 e. The number of carbonyl (C=O) groups excluding carboxylic acids is 3. The van der Waals surface area contributed by atoms with Crippen LogP contribution in [0.3, 0.4) is 0 Å². The zero-order valence-corrected chi connectivity index (χ0v) is 26.3. The highest BCUT2D eigenvalue weighted by Crippen LogP contribution is 2.55. The number of anilines is 1. The number of sulfonamides is 1. The number of allylic oxidation sites excluding steroid dienone is 4. The van der Waals surface area contributed by atoms with E-state index in [1.807, 2.05) is 39.3 Å². The first-order chi connectivity index (χ1) is 19.9. The van der Waals surface area contributed by atoms with Crippen LogP contribution < -0.4 is 15.2 Å². The highest BCUT2D eigenvalue weighted by atomic mass is 32.2. The second-order valence-corrected chi connectivity index (χ2v) is 15.0. The zero-order chi connectivity index (χ0) is 31.6. The number of nitrogens with two attached hydrogens (primary N) is 1. The van der Waals surface area contributed by atoms with Crippen molar-refractivity contribution in [1.29, 1.82) is 0 Å². The topological polar surface area (TPSA) is 155 Å². The molecule has 2 aliphatic carbocycles. The normalized spacial score (nSPS) is 19.9. The van der Waals surface area contributed by atoms with Gasteiger partial charge < -0.3 is 15.2 Å². The number of nitrogens with one attached hydrogen (secondary N) is 1. The highest BCUT2D eigenvalue weighted by Gasteiger charge is 2.49. The predicted molar refractivity (Wildman–Crippen MR) is 162 cm³/mol. The quantitative estimate of drug-likeness (QED) is 0.490. The molecule has 0 spiro atoms. The Morgan fingerprint density at radius 3 is 2.05 bits per heavy atom. The number of amides is 1. The number of methoxy groups -OCH3 is 1. The Balaban J connectivity index is 1.74. The van der Waals surface area contributed by atoms with Crippen LogP contribution in [0.15, 0.2) is 46.9 Å². The van der Waals surface area contributed by atoms with Gasteiger partial charge in [0.1, 0.15) is 17.3 Å². The molecular weight excluding hydrogens is 570 g/mol. The van der Waals surface area contributed by atoms with E-state index in [0.717, 1.165) is 6.26 Å². The van der Waals surface area contributed by atoms with E-state index in [0.29, 0.717) is 76.5 Å². The van der Waals surface area contributed by atoms with Crippen molar-refractivity contribution >= 4 is 33.2 Å². The van der Waals surface area contributed by atoms with Gasteiger partial charge in [-0.3, -0.25) is 14.4 Å². The molecule has 0 bridgehead atoms. The lowest BCUT2D eigenvalue weighted by Gasteiger charge is -2.43. The SMILES string of the molecule is COc1ccc(-c2ccc(N)c(C(=O)NS(C)(=O)=O)n2)c(C)c1C1C2=C(CC(C)(C)CC2=O)OC2=C1C(=O)CC(C)(C)C2. The molecule has 11 heteroatoms. The summed E-state index contributed by atoms with van der Waals surface area (Å²) in [7, 11) is -2.32. The maximum absolute atomic E-state index is 13.8. The summed E-state index contributed by atoms with van der Waals surface area (Å²) < 4.78 is 37.6. The average Bonchev–Trinajstić information content (AvgIpc) is 2.85. The van der Waals surface area contributed by atoms with Gasteiger partial charge >= 0.3 is 0 Å². The molecule has 0 atom stereocenters. The Hall–Kier alpha value is -3.99. The molecule has 43 heavy (non-hydrogen) atoms. The molecular formula is C32H37N3O7S. The molecule has 1 aliphatic heterocycles. The van der Waals surface area contributed by atoms with Crippen LogP contribution >= 0.6 is 0 Å². The molecule has 3 aliphatic rings. The van der Waals surface area contributed by atoms with Gasteiger partial charge in [-0.1, -0.05) is 27.7 Å². The number of hydrogen-bond donors (Lipinski definition) is 2. The van der Waals surface area contributed by atoms with Crippen molar-refractivity contribution < 1.29 is 32.3 Å². The summed E-state index contributed by atoms with van der Waals surface area (Å²) in [6, 6.07) is 6.64. The minimum atomic E-state index is -3.85. The van der Waals surface area contributed by atoms with Crippen LogP contribution in [0.5, 0.6) is 5.75 Å². The maximum Gasteiger partial charge on any atom is 0.285 e. The first kappa shape index (κ1) is 30.5. The van der Waals surface area contributed by atoms with Gasteiger partial charge in [0.25, 0.3) is 5.91 Å². The van der Waals surface area contributed by atoms with Gasteiger partial charge in [-0.2, -0.15) is 0 Å². The molecule has 2 heterocycles. The lowest BCUT2D eigenvalue weighted by molar-refractivity contribution is -0.120. The van der Waals surface area contributed by atoms with Crippen LogP contribution in [0.1, 0.15) is 80.9 Å². The van der Waals surface area contributed by atoms with Crippen molar-refractivity contribution in [2.75, 3.05) is 19.1 Å². The van der Waals surface area contributed by atoms with Gasteiger partial charge in [-0.15, -0.1) is 0 Å². The molecule has 0 saturated heterocycles. The van der Waals surface area contributed by atoms with Gasteiger partial charge in [0, 0.05) is 48.0 Å². The van der Waals surface area contributed by atoms with Crippen LogP contribution in [-0.2, 0) is 24.3 Å². The van der Waals surface area contributed by atoms with Crippen LogP contribution in [0.25, 0.3) is 11.3 Å². The molecule has 228 valence electrons. The number of carbonyl (C=O) groups is 3. The Kier molecular flexibility index (Phi) is 7.32. The summed E-state index contributed by atoms with van der Waals surface area (Å²) in [6.07, 6.45) is 2.59. The third kappa shape index (κ3) is 5.70. The van der Waals surface area contributed by atoms with Crippen LogP contribution in [0.2, 0.25) is 0 Å². The monoisotopic (exact) mass is 607 g/mol. The third-order valence-electron chi connectivity index (χ3n) is 8.26. The second-order valence-electron chi connectivity index (χ2n) is 13.3. The van der Waals surface area contributed by atoms with E-state index < -0.39 is 21.8 Å². The zero-order valence-electron chi connectivity index (χ0n) is 25.5. The van der Waals surface area contributed by atoms with E-state index in [-0.39, 0.29) is 33.8 Å². The van der Waals surface area contributed by atoms with Crippen molar-refractivity contribution in [2.45, 2.75) is 66.2 Å². The standard InChI is InChI=1S/C32H37N3O7S/c1-16-17(19-10-9-18(33)29(34-19)30(38)35-43(7,39)40)8-11-22(41-6)25(16)28-26-20(36)12-31(2,3)14-23(26)42-24-15-32(4,5)13-21(37)27(24)28/h8-11,28H,12-15,33H2,1-7H3,(H,35,38). The molecule has 10 nitrogen and oxygen atoms in total. The number of pyridine rings is 1. The van der Waals surface area contributed by atoms with Crippen LogP contribution in [-0.4, -0.2) is 44.2 Å². The summed E-state index contributed by atoms with van der Waals surface area (Å²) in [5.74, 6) is -0.126. The van der Waals surface area contributed by atoms with Crippen molar-refractivity contribution in [2.24, 2.45) is 10.8 Å². The van der Waals surface area contributed by atoms with Gasteiger partial charge in [-0.25, -0.2) is 18.1 Å². The van der Waals surface area contributed by atoms with Gasteiger partial charge in [-0.05, 0) is 47.6 Å². The van der Waals surface area contributed by atoms with Crippen LogP contribution in [0.4, 0.5) is 5.69 Å². The summed E-state index contributed by atoms with van der Waals surface area (Å²) in [5, 5.41) is 0. The molecule has 1 amide bonds. The number of hydrogen-bond acceptors (Lipinski definition) is 9. The number of Topliss-reactive ketones (excluding diaryl/α,β-unsaturated/α-hetero) is 2. The van der Waals surface area contributed by atoms with Gasteiger partial charge in [0.15, 0.2) is 17.3 Å². The lowest BCUT2D eigenvalue weighted by Crippen LogP contribution is -2.38. The number of ether oxygens (including phenoxy) is 2. The van der Waals surface area contributed by atoms with Crippen LogP contribution in [0, 0.1) is 17.8 Å². The molecule has 0 fully saturated rings. The number of nitrogen functional groups attached to an aromatic ring is 1. The van der Waals surface area contributed by atoms with Crippen molar-refractivity contribution in [3.8, 4) is 17.0 Å². The number of ketones is 2. The van der Waals surface area contributed by atoms with E-state index in [9.17, 15) is 22.8 Å². The molecule has 5 rings (SSSR count). The number of aromatic nitrogens is 1. The van der Waals surface area contributed by atoms with E-state index >= 15 is 0 Å². The first-order valence-corrected chi connectivity index (χ1v) is 16.0.